The highest BCUT2D eigenvalue weighted by Crippen LogP contribution is 2.20. The quantitative estimate of drug-likeness (QED) is 0.773. The monoisotopic (exact) mass is 260 g/mol. The van der Waals surface area contributed by atoms with Crippen molar-refractivity contribution in [2.75, 3.05) is 20.2 Å². The zero-order valence-electron chi connectivity index (χ0n) is 12.1. The molecular weight excluding hydrogens is 236 g/mol. The molecule has 0 bridgehead atoms. The number of aromatic amines is 1. The van der Waals surface area contributed by atoms with Crippen molar-refractivity contribution in [3.8, 4) is 0 Å². The van der Waals surface area contributed by atoms with Gasteiger partial charge in [0.05, 0.1) is 0 Å². The summed E-state index contributed by atoms with van der Waals surface area (Å²) >= 11 is 0. The Balaban J connectivity index is 2.17. The molecule has 0 saturated heterocycles. The topological polar surface area (TPSA) is 28.3 Å². The molecule has 1 atom stereocenters. The molecule has 1 N–H and O–H groups in total. The number of H-pyrrole nitrogens is 1. The number of hydrogen-bond acceptors (Lipinski definition) is 2. The Labute approximate surface area is 115 Å². The Bertz CT molecular complexity index is 506. The highest BCUT2D eigenvalue weighted by molar-refractivity contribution is 5.83. The lowest BCUT2D eigenvalue weighted by molar-refractivity contribution is -0.0286. The molecule has 0 fully saturated rings. The maximum Gasteiger partial charge on any atom is 0.114 e. The number of rotatable bonds is 7. The number of hydrogen-bond donors (Lipinski definition) is 1. The lowest BCUT2D eigenvalue weighted by Crippen LogP contribution is -2.38. The molecule has 1 unspecified atom stereocenters. The van der Waals surface area contributed by atoms with E-state index in [0.29, 0.717) is 0 Å². The van der Waals surface area contributed by atoms with E-state index in [4.69, 9.17) is 4.74 Å². The van der Waals surface area contributed by atoms with Crippen LogP contribution in [0.2, 0.25) is 0 Å². The second-order valence-electron chi connectivity index (χ2n) is 4.88. The third-order valence-corrected chi connectivity index (χ3v) is 3.67. The molecule has 0 radical (unpaired) electrons. The maximum atomic E-state index is 5.69. The Morgan fingerprint density at radius 1 is 1.26 bits per heavy atom. The molecule has 3 heteroatoms. The van der Waals surface area contributed by atoms with Crippen LogP contribution in [0.5, 0.6) is 0 Å². The van der Waals surface area contributed by atoms with E-state index in [-0.39, 0.29) is 6.23 Å². The fourth-order valence-corrected chi connectivity index (χ4v) is 2.64. The van der Waals surface area contributed by atoms with Gasteiger partial charge in [-0.15, -0.1) is 0 Å². The summed E-state index contributed by atoms with van der Waals surface area (Å²) in [7, 11) is 1.80. The lowest BCUT2D eigenvalue weighted by atomic mass is 10.1. The van der Waals surface area contributed by atoms with Gasteiger partial charge in [0.1, 0.15) is 6.23 Å². The fraction of sp³-hybridized carbons (Fsp3) is 0.500. The average Bonchev–Trinajstić information content (AvgIpc) is 2.86. The van der Waals surface area contributed by atoms with E-state index in [1.807, 2.05) is 0 Å². The van der Waals surface area contributed by atoms with Crippen LogP contribution >= 0.6 is 0 Å². The first-order valence-corrected chi connectivity index (χ1v) is 7.12. The largest absolute Gasteiger partial charge is 0.366 e. The molecule has 3 nitrogen and oxygen atoms in total. The van der Waals surface area contributed by atoms with Gasteiger partial charge in [0.25, 0.3) is 0 Å². The summed E-state index contributed by atoms with van der Waals surface area (Å²) in [5.74, 6) is 0. The highest BCUT2D eigenvalue weighted by atomic mass is 16.5. The molecule has 19 heavy (non-hydrogen) atoms. The van der Waals surface area contributed by atoms with Gasteiger partial charge < -0.3 is 9.72 Å². The summed E-state index contributed by atoms with van der Waals surface area (Å²) < 4.78 is 5.69. The predicted molar refractivity (Wildman–Crippen MR) is 80.3 cm³/mol. The highest BCUT2D eigenvalue weighted by Gasteiger charge is 2.17. The van der Waals surface area contributed by atoms with Crippen LogP contribution in [0.4, 0.5) is 0 Å². The molecule has 0 aliphatic carbocycles. The minimum Gasteiger partial charge on any atom is -0.366 e. The van der Waals surface area contributed by atoms with Gasteiger partial charge >= 0.3 is 0 Å². The van der Waals surface area contributed by atoms with Crippen molar-refractivity contribution in [1.29, 1.82) is 0 Å². The molecule has 0 spiro atoms. The molecule has 0 aliphatic heterocycles. The van der Waals surface area contributed by atoms with Crippen molar-refractivity contribution < 1.29 is 4.74 Å². The third kappa shape index (κ3) is 3.17. The third-order valence-electron chi connectivity index (χ3n) is 3.67. The van der Waals surface area contributed by atoms with Crippen LogP contribution < -0.4 is 0 Å². The second-order valence-corrected chi connectivity index (χ2v) is 4.88. The van der Waals surface area contributed by atoms with Crippen molar-refractivity contribution >= 4 is 10.9 Å². The van der Waals surface area contributed by atoms with Gasteiger partial charge in [0.15, 0.2) is 0 Å². The number of nitrogens with zero attached hydrogens (tertiary/aromatic N) is 1. The van der Waals surface area contributed by atoms with Crippen molar-refractivity contribution in [2.45, 2.75) is 32.9 Å². The van der Waals surface area contributed by atoms with E-state index >= 15 is 0 Å². The molecule has 0 amide bonds. The number of methoxy groups -OCH3 is 1. The minimum absolute atomic E-state index is 0.157. The second kappa shape index (κ2) is 6.73. The van der Waals surface area contributed by atoms with Crippen LogP contribution in [-0.4, -0.2) is 36.3 Å². The summed E-state index contributed by atoms with van der Waals surface area (Å²) in [6.07, 6.45) is 4.34. The molecule has 0 aliphatic rings. The number of benzene rings is 1. The van der Waals surface area contributed by atoms with Crippen LogP contribution in [0.15, 0.2) is 30.5 Å². The van der Waals surface area contributed by atoms with E-state index in [1.165, 1.54) is 16.5 Å². The molecule has 2 aromatic rings. The van der Waals surface area contributed by atoms with E-state index in [1.54, 1.807) is 7.11 Å². The van der Waals surface area contributed by atoms with E-state index in [2.05, 4.69) is 54.2 Å². The normalized spacial score (nSPS) is 13.3. The molecule has 1 aromatic heterocycles. The predicted octanol–water partition coefficient (Wildman–Crippen LogP) is 3.41. The SMILES string of the molecule is CCCN(CC)C(Cc1c[nH]c2ccccc12)OC. The zero-order valence-corrected chi connectivity index (χ0v) is 12.1. The Morgan fingerprint density at radius 3 is 2.74 bits per heavy atom. The van der Waals surface area contributed by atoms with Crippen molar-refractivity contribution in [2.24, 2.45) is 0 Å². The van der Waals surface area contributed by atoms with Gasteiger partial charge in [-0.3, -0.25) is 4.90 Å². The number of ether oxygens (including phenoxy) is 1. The van der Waals surface area contributed by atoms with Gasteiger partial charge in [0.2, 0.25) is 0 Å². The summed E-state index contributed by atoms with van der Waals surface area (Å²) in [5, 5.41) is 1.30. The Kier molecular flexibility index (Phi) is 5.00. The lowest BCUT2D eigenvalue weighted by Gasteiger charge is -2.29. The first-order valence-electron chi connectivity index (χ1n) is 7.12. The van der Waals surface area contributed by atoms with E-state index in [0.717, 1.165) is 25.9 Å². The van der Waals surface area contributed by atoms with Crippen LogP contribution in [-0.2, 0) is 11.2 Å². The first kappa shape index (κ1) is 14.1. The number of nitrogens with one attached hydrogen (secondary N) is 1. The Morgan fingerprint density at radius 2 is 2.05 bits per heavy atom. The van der Waals surface area contributed by atoms with Crippen molar-refractivity contribution in [3.63, 3.8) is 0 Å². The molecule has 2 rings (SSSR count). The summed E-state index contributed by atoms with van der Waals surface area (Å²) in [6.45, 7) is 6.50. The molecular formula is C16H24N2O. The number of aromatic nitrogens is 1. The van der Waals surface area contributed by atoms with Crippen molar-refractivity contribution in [1.82, 2.24) is 9.88 Å². The van der Waals surface area contributed by atoms with Gasteiger partial charge in [-0.25, -0.2) is 0 Å². The van der Waals surface area contributed by atoms with Crippen molar-refractivity contribution in [3.05, 3.63) is 36.0 Å². The maximum absolute atomic E-state index is 5.69. The zero-order chi connectivity index (χ0) is 13.7. The van der Waals surface area contributed by atoms with Gasteiger partial charge in [0, 0.05) is 37.2 Å². The van der Waals surface area contributed by atoms with Gasteiger partial charge in [-0.2, -0.15) is 0 Å². The first-order chi connectivity index (χ1) is 9.30. The minimum atomic E-state index is 0.157. The van der Waals surface area contributed by atoms with Crippen LogP contribution in [0, 0.1) is 0 Å². The van der Waals surface area contributed by atoms with E-state index < -0.39 is 0 Å². The van der Waals surface area contributed by atoms with Crippen LogP contribution in [0.1, 0.15) is 25.8 Å². The Hall–Kier alpha value is -1.32. The van der Waals surface area contributed by atoms with Crippen LogP contribution in [0.25, 0.3) is 10.9 Å². The standard InChI is InChI=1S/C16H24N2O/c1-4-10-18(5-2)16(19-3)11-13-12-17-15-9-7-6-8-14(13)15/h6-9,12,16-17H,4-5,10-11H2,1-3H3. The summed E-state index contributed by atoms with van der Waals surface area (Å²) in [4.78, 5) is 5.72. The number of para-hydroxylation sites is 1. The fourth-order valence-electron chi connectivity index (χ4n) is 2.64. The molecule has 0 saturated carbocycles. The summed E-state index contributed by atoms with van der Waals surface area (Å²) in [5.41, 5.74) is 2.53. The molecule has 104 valence electrons. The summed E-state index contributed by atoms with van der Waals surface area (Å²) in [6, 6.07) is 8.44. The van der Waals surface area contributed by atoms with Gasteiger partial charge in [-0.05, 0) is 24.6 Å². The van der Waals surface area contributed by atoms with E-state index in [9.17, 15) is 0 Å². The smallest absolute Gasteiger partial charge is 0.114 e. The van der Waals surface area contributed by atoms with Gasteiger partial charge in [-0.1, -0.05) is 32.0 Å². The van der Waals surface area contributed by atoms with Crippen LogP contribution in [0.3, 0.4) is 0 Å². The number of likely N-dealkylation sites (N-methyl/N-ethyl adjacent to an activating group) is 1. The molecule has 1 heterocycles. The average molecular weight is 260 g/mol. The number of fused-ring (bicyclic) bond motifs is 1. The molecule has 1 aromatic carbocycles.